The number of carbonyl (C=O) groups is 1. The zero-order valence-electron chi connectivity index (χ0n) is 18.1. The minimum Gasteiger partial charge on any atom is -0.322 e. The molecule has 1 aliphatic heterocycles. The van der Waals surface area contributed by atoms with Gasteiger partial charge >= 0.3 is 0 Å². The van der Waals surface area contributed by atoms with Gasteiger partial charge in [-0.2, -0.15) is 0 Å². The molecule has 3 aromatic carbocycles. The summed E-state index contributed by atoms with van der Waals surface area (Å²) in [6.07, 6.45) is 3.04. The van der Waals surface area contributed by atoms with Gasteiger partial charge in [-0.1, -0.05) is 30.3 Å². The zero-order chi connectivity index (χ0) is 23.7. The van der Waals surface area contributed by atoms with Crippen molar-refractivity contribution < 1.29 is 17.6 Å². The van der Waals surface area contributed by atoms with Crippen LogP contribution in [-0.2, 0) is 10.0 Å². The summed E-state index contributed by atoms with van der Waals surface area (Å²) in [7, 11) is -3.47. The van der Waals surface area contributed by atoms with Gasteiger partial charge in [0.15, 0.2) is 5.82 Å². The van der Waals surface area contributed by atoms with Gasteiger partial charge < -0.3 is 5.32 Å². The van der Waals surface area contributed by atoms with Gasteiger partial charge in [0.1, 0.15) is 5.82 Å². The maximum atomic E-state index is 14.8. The van der Waals surface area contributed by atoms with Crippen LogP contribution in [0.1, 0.15) is 23.2 Å². The smallest absolute Gasteiger partial charge is 0.258 e. The summed E-state index contributed by atoms with van der Waals surface area (Å²) in [5.74, 6) is -0.881. The molecule has 4 aromatic rings. The van der Waals surface area contributed by atoms with Crippen molar-refractivity contribution in [1.82, 2.24) is 9.97 Å². The predicted octanol–water partition coefficient (Wildman–Crippen LogP) is 4.62. The number of fused-ring (bicyclic) bond motifs is 1. The van der Waals surface area contributed by atoms with Crippen molar-refractivity contribution in [1.29, 1.82) is 0 Å². The van der Waals surface area contributed by atoms with Crippen molar-refractivity contribution in [3.63, 3.8) is 0 Å². The minimum absolute atomic E-state index is 0.0358. The largest absolute Gasteiger partial charge is 0.322 e. The number of nitrogens with one attached hydrogen (secondary N) is 1. The lowest BCUT2D eigenvalue weighted by molar-refractivity contribution is 0.102. The Bertz CT molecular complexity index is 1510. The number of benzene rings is 3. The fourth-order valence-electron chi connectivity index (χ4n) is 3.97. The second-order valence-corrected chi connectivity index (χ2v) is 10.1. The van der Waals surface area contributed by atoms with Crippen LogP contribution in [0.3, 0.4) is 0 Å². The summed E-state index contributed by atoms with van der Waals surface area (Å²) in [6, 6.07) is 18.5. The highest BCUT2D eigenvalue weighted by Gasteiger charge is 2.27. The number of aromatic nitrogens is 2. The maximum absolute atomic E-state index is 14.8. The summed E-state index contributed by atoms with van der Waals surface area (Å²) in [6.45, 7) is 0.303. The Morgan fingerprint density at radius 3 is 2.68 bits per heavy atom. The normalized spacial score (nSPS) is 15.3. The molecule has 0 spiro atoms. The number of nitrogens with zero attached hydrogens (tertiary/aromatic N) is 3. The van der Waals surface area contributed by atoms with Crippen LogP contribution >= 0.6 is 0 Å². The molecule has 0 atom stereocenters. The molecular formula is C25H21FN4O3S. The highest BCUT2D eigenvalue weighted by molar-refractivity contribution is 7.92. The SMILES string of the molecule is O=C(Nc1cccc(-c2ncc3ccccc3n2)c1)c1ccc(N2CCCCS2(=O)=O)cc1F. The molecule has 0 bridgehead atoms. The Labute approximate surface area is 196 Å². The van der Waals surface area contributed by atoms with Crippen molar-refractivity contribution in [2.24, 2.45) is 0 Å². The van der Waals surface area contributed by atoms with E-state index in [2.05, 4.69) is 15.3 Å². The van der Waals surface area contributed by atoms with E-state index in [-0.39, 0.29) is 17.0 Å². The number of amides is 1. The van der Waals surface area contributed by atoms with Crippen LogP contribution in [0.15, 0.2) is 72.9 Å². The molecule has 0 saturated carbocycles. The molecule has 34 heavy (non-hydrogen) atoms. The van der Waals surface area contributed by atoms with Gasteiger partial charge in [-0.3, -0.25) is 9.10 Å². The first-order chi connectivity index (χ1) is 16.4. The molecule has 2 heterocycles. The van der Waals surface area contributed by atoms with Crippen LogP contribution < -0.4 is 9.62 Å². The van der Waals surface area contributed by atoms with E-state index in [1.54, 1.807) is 24.4 Å². The lowest BCUT2D eigenvalue weighted by Gasteiger charge is -2.28. The standard InChI is InChI=1S/C25H21FN4O3S/c26-22-15-20(30-12-3-4-13-34(30,32)33)10-11-21(22)25(31)28-19-8-5-7-17(14-19)24-27-16-18-6-1-2-9-23(18)29-24/h1-2,5-11,14-16H,3-4,12-13H2,(H,28,31). The van der Waals surface area contributed by atoms with Gasteiger partial charge in [-0.25, -0.2) is 22.8 Å². The topological polar surface area (TPSA) is 92.3 Å². The monoisotopic (exact) mass is 476 g/mol. The number of hydrogen-bond acceptors (Lipinski definition) is 5. The third kappa shape index (κ3) is 4.34. The molecule has 9 heteroatoms. The van der Waals surface area contributed by atoms with Gasteiger partial charge in [0.05, 0.1) is 22.5 Å². The van der Waals surface area contributed by atoms with Gasteiger partial charge in [0.2, 0.25) is 10.0 Å². The van der Waals surface area contributed by atoms with E-state index >= 15 is 0 Å². The first kappa shape index (κ1) is 22.0. The van der Waals surface area contributed by atoms with E-state index < -0.39 is 21.7 Å². The average Bonchev–Trinajstić information content (AvgIpc) is 2.83. The van der Waals surface area contributed by atoms with E-state index in [1.807, 2.05) is 30.3 Å². The number of sulfonamides is 1. The van der Waals surface area contributed by atoms with E-state index in [9.17, 15) is 17.6 Å². The first-order valence-corrected chi connectivity index (χ1v) is 12.5. The third-order valence-electron chi connectivity index (χ3n) is 5.70. The Balaban J connectivity index is 1.37. The summed E-state index contributed by atoms with van der Waals surface area (Å²) < 4.78 is 40.6. The lowest BCUT2D eigenvalue weighted by atomic mass is 10.1. The summed E-state index contributed by atoms with van der Waals surface area (Å²) in [5.41, 5.74) is 2.02. The van der Waals surface area contributed by atoms with Crippen LogP contribution in [0.25, 0.3) is 22.3 Å². The summed E-state index contributed by atoms with van der Waals surface area (Å²) in [5, 5.41) is 3.62. The highest BCUT2D eigenvalue weighted by Crippen LogP contribution is 2.26. The average molecular weight is 477 g/mol. The highest BCUT2D eigenvalue weighted by atomic mass is 32.2. The van der Waals surface area contributed by atoms with E-state index in [4.69, 9.17) is 0 Å². The Morgan fingerprint density at radius 1 is 1.00 bits per heavy atom. The maximum Gasteiger partial charge on any atom is 0.258 e. The number of halogens is 1. The van der Waals surface area contributed by atoms with Crippen molar-refractivity contribution in [3.8, 4) is 11.4 Å². The van der Waals surface area contributed by atoms with E-state index in [0.717, 1.165) is 17.0 Å². The van der Waals surface area contributed by atoms with Crippen molar-refractivity contribution in [3.05, 3.63) is 84.3 Å². The minimum atomic E-state index is -3.47. The lowest BCUT2D eigenvalue weighted by Crippen LogP contribution is -2.37. The summed E-state index contributed by atoms with van der Waals surface area (Å²) >= 11 is 0. The molecule has 1 saturated heterocycles. The first-order valence-electron chi connectivity index (χ1n) is 10.8. The molecule has 172 valence electrons. The Morgan fingerprint density at radius 2 is 1.85 bits per heavy atom. The van der Waals surface area contributed by atoms with Crippen molar-refractivity contribution >= 4 is 38.2 Å². The number of rotatable bonds is 4. The van der Waals surface area contributed by atoms with Crippen molar-refractivity contribution in [2.75, 3.05) is 21.9 Å². The number of para-hydroxylation sites is 1. The molecule has 1 aliphatic rings. The summed E-state index contributed by atoms with van der Waals surface area (Å²) in [4.78, 5) is 21.7. The van der Waals surface area contributed by atoms with E-state index in [1.165, 1.54) is 16.4 Å². The molecule has 0 radical (unpaired) electrons. The van der Waals surface area contributed by atoms with Gasteiger partial charge in [-0.15, -0.1) is 0 Å². The number of hydrogen-bond donors (Lipinski definition) is 1. The third-order valence-corrected chi connectivity index (χ3v) is 7.57. The van der Waals surface area contributed by atoms with E-state index in [0.29, 0.717) is 36.5 Å². The molecule has 7 nitrogen and oxygen atoms in total. The van der Waals surface area contributed by atoms with Gasteiger partial charge in [-0.05, 0) is 49.2 Å². The fraction of sp³-hybridized carbons (Fsp3) is 0.160. The van der Waals surface area contributed by atoms with Crippen molar-refractivity contribution in [2.45, 2.75) is 12.8 Å². The number of carbonyl (C=O) groups excluding carboxylic acids is 1. The second kappa shape index (κ2) is 8.83. The molecule has 1 amide bonds. The van der Waals surface area contributed by atoms with Crippen LogP contribution in [0.2, 0.25) is 0 Å². The number of anilines is 2. The van der Waals surface area contributed by atoms with Gasteiger partial charge in [0.25, 0.3) is 5.91 Å². The molecule has 1 aromatic heterocycles. The Kier molecular flexibility index (Phi) is 5.70. The molecule has 0 aliphatic carbocycles. The molecule has 5 rings (SSSR count). The molecule has 1 fully saturated rings. The van der Waals surface area contributed by atoms with Crippen LogP contribution in [0, 0.1) is 5.82 Å². The Hall–Kier alpha value is -3.85. The van der Waals surface area contributed by atoms with Crippen LogP contribution in [0.4, 0.5) is 15.8 Å². The predicted molar refractivity (Wildman–Crippen MR) is 130 cm³/mol. The zero-order valence-corrected chi connectivity index (χ0v) is 18.9. The quantitative estimate of drug-likeness (QED) is 0.464. The fourth-order valence-corrected chi connectivity index (χ4v) is 5.60. The van der Waals surface area contributed by atoms with Crippen LogP contribution in [-0.4, -0.2) is 36.6 Å². The second-order valence-electron chi connectivity index (χ2n) is 8.05. The van der Waals surface area contributed by atoms with Gasteiger partial charge in [0, 0.05) is 29.4 Å². The molecule has 0 unspecified atom stereocenters. The molecular weight excluding hydrogens is 455 g/mol. The molecule has 1 N–H and O–H groups in total. The van der Waals surface area contributed by atoms with Crippen LogP contribution in [0.5, 0.6) is 0 Å².